The molecular weight excluding hydrogens is 486 g/mol. The number of nitrogens with zero attached hydrogens (tertiary/aromatic N) is 2. The molecule has 0 saturated heterocycles. The number of amides is 1. The summed E-state index contributed by atoms with van der Waals surface area (Å²) in [6.45, 7) is 13.6. The summed E-state index contributed by atoms with van der Waals surface area (Å²) < 4.78 is 0. The molecule has 1 amide bonds. The van der Waals surface area contributed by atoms with Gasteiger partial charge in [-0.05, 0) is 85.8 Å². The highest BCUT2D eigenvalue weighted by Gasteiger charge is 2.32. The van der Waals surface area contributed by atoms with E-state index in [1.165, 1.54) is 19.3 Å². The average Bonchev–Trinajstić information content (AvgIpc) is 2.89. The first-order valence-electron chi connectivity index (χ1n) is 15.2. The number of aliphatic imine (C=N–C) groups is 1. The summed E-state index contributed by atoms with van der Waals surface area (Å²) >= 11 is 0. The van der Waals surface area contributed by atoms with Gasteiger partial charge in [0.25, 0.3) is 5.91 Å². The summed E-state index contributed by atoms with van der Waals surface area (Å²) in [5, 5.41) is 12.7. The average molecular weight is 540 g/mol. The number of hydrogen-bond donors (Lipinski definition) is 2. The molecule has 0 heterocycles. The Morgan fingerprint density at radius 2 is 1.54 bits per heavy atom. The second kappa shape index (κ2) is 13.3. The molecule has 6 nitrogen and oxygen atoms in total. The number of carbonyl (C=O) groups excluding carboxylic acids is 1. The molecule has 2 N–H and O–H groups in total. The molecule has 0 aliphatic heterocycles. The number of hydrogen-bond acceptors (Lipinski definition) is 3. The maximum absolute atomic E-state index is 14.0. The summed E-state index contributed by atoms with van der Waals surface area (Å²) in [5.74, 6) is 0.223. The Balaban J connectivity index is 1.85. The van der Waals surface area contributed by atoms with Gasteiger partial charge in [-0.25, -0.2) is 4.79 Å². The zero-order chi connectivity index (χ0) is 28.8. The first-order chi connectivity index (χ1) is 18.2. The molecular formula is C33H53N3O3. The second-order valence-corrected chi connectivity index (χ2v) is 14.3. The van der Waals surface area contributed by atoms with Crippen molar-refractivity contribution in [2.45, 2.75) is 130 Å². The van der Waals surface area contributed by atoms with Crippen molar-refractivity contribution >= 4 is 17.7 Å². The van der Waals surface area contributed by atoms with E-state index in [9.17, 15) is 14.7 Å². The van der Waals surface area contributed by atoms with Crippen LogP contribution in [-0.4, -0.2) is 46.8 Å². The van der Waals surface area contributed by atoms with Gasteiger partial charge < -0.3 is 15.3 Å². The summed E-state index contributed by atoms with van der Waals surface area (Å²) in [7, 11) is 2.06. The highest BCUT2D eigenvalue weighted by Crippen LogP contribution is 2.39. The van der Waals surface area contributed by atoms with Gasteiger partial charge in [0, 0.05) is 13.1 Å². The fourth-order valence-corrected chi connectivity index (χ4v) is 6.18. The predicted molar refractivity (Wildman–Crippen MR) is 160 cm³/mol. The standard InChI is InChI=1S/C33H53N3O3/c1-32(2,3)22-21-28(23-13-15-24(16-14-23)31(38)39)35-30(37)29(36(7)27-11-9-8-10-12-27)34-26-19-17-25(18-20-26)33(4,5)6/h13-16,25-28H,8-12,17-22H2,1-7H3,(H,35,37)(H,38,39). The molecule has 0 radical (unpaired) electrons. The molecule has 1 aromatic carbocycles. The fourth-order valence-electron chi connectivity index (χ4n) is 6.18. The molecule has 0 spiro atoms. The monoisotopic (exact) mass is 539 g/mol. The van der Waals surface area contributed by atoms with Crippen LogP contribution in [0, 0.1) is 16.7 Å². The molecule has 1 unspecified atom stereocenters. The van der Waals surface area contributed by atoms with E-state index in [0.717, 1.165) is 56.9 Å². The van der Waals surface area contributed by atoms with Crippen molar-refractivity contribution < 1.29 is 14.7 Å². The topological polar surface area (TPSA) is 82.0 Å². The Hall–Kier alpha value is -2.37. The fraction of sp³-hybridized carbons (Fsp3) is 0.727. The van der Waals surface area contributed by atoms with Crippen LogP contribution in [0.5, 0.6) is 0 Å². The molecule has 1 aromatic rings. The minimum Gasteiger partial charge on any atom is -0.478 e. The summed E-state index contributed by atoms with van der Waals surface area (Å²) in [5.41, 5.74) is 1.61. The van der Waals surface area contributed by atoms with Crippen molar-refractivity contribution in [1.29, 1.82) is 0 Å². The van der Waals surface area contributed by atoms with Crippen molar-refractivity contribution in [3.8, 4) is 0 Å². The highest BCUT2D eigenvalue weighted by atomic mass is 16.4. The molecule has 1 atom stereocenters. The summed E-state index contributed by atoms with van der Waals surface area (Å²) in [6.07, 6.45) is 11.9. The molecule has 39 heavy (non-hydrogen) atoms. The number of likely N-dealkylation sites (N-methyl/N-ethyl adjacent to an activating group) is 1. The number of rotatable bonds is 7. The zero-order valence-electron chi connectivity index (χ0n) is 25.6. The van der Waals surface area contributed by atoms with Crippen LogP contribution in [0.15, 0.2) is 29.3 Å². The normalized spacial score (nSPS) is 22.3. The molecule has 0 bridgehead atoms. The molecule has 6 heteroatoms. The molecule has 218 valence electrons. The van der Waals surface area contributed by atoms with E-state index in [-0.39, 0.29) is 29.0 Å². The van der Waals surface area contributed by atoms with E-state index in [4.69, 9.17) is 4.99 Å². The number of aromatic carboxylic acids is 1. The van der Waals surface area contributed by atoms with E-state index < -0.39 is 5.97 Å². The maximum Gasteiger partial charge on any atom is 0.335 e. The van der Waals surface area contributed by atoms with Crippen molar-refractivity contribution in [2.24, 2.45) is 21.7 Å². The van der Waals surface area contributed by atoms with Gasteiger partial charge in [-0.1, -0.05) is 72.9 Å². The lowest BCUT2D eigenvalue weighted by atomic mass is 9.71. The molecule has 2 aliphatic rings. The van der Waals surface area contributed by atoms with E-state index in [0.29, 0.717) is 23.2 Å². The predicted octanol–water partition coefficient (Wildman–Crippen LogP) is 7.64. The SMILES string of the molecule is CN(C(=NC1CCC(C(C)(C)C)CC1)C(=O)NC(CCC(C)(C)C)c1ccc(C(=O)O)cc1)C1CCCCC1. The molecule has 2 saturated carbocycles. The number of carboxylic acid groups (broad SMARTS) is 1. The Morgan fingerprint density at radius 1 is 0.949 bits per heavy atom. The van der Waals surface area contributed by atoms with Crippen molar-refractivity contribution in [3.63, 3.8) is 0 Å². The number of carboxylic acids is 1. The van der Waals surface area contributed by atoms with Gasteiger partial charge in [0.2, 0.25) is 0 Å². The van der Waals surface area contributed by atoms with Crippen molar-refractivity contribution in [1.82, 2.24) is 10.2 Å². The number of carbonyl (C=O) groups is 2. The van der Waals surface area contributed by atoms with Gasteiger partial charge in [-0.15, -0.1) is 0 Å². The van der Waals surface area contributed by atoms with Crippen LogP contribution in [-0.2, 0) is 4.79 Å². The lowest BCUT2D eigenvalue weighted by Crippen LogP contribution is -2.48. The van der Waals surface area contributed by atoms with Gasteiger partial charge in [-0.2, -0.15) is 0 Å². The minimum atomic E-state index is -0.943. The van der Waals surface area contributed by atoms with E-state index >= 15 is 0 Å². The Bertz CT molecular complexity index is 973. The van der Waals surface area contributed by atoms with E-state index in [2.05, 4.69) is 58.8 Å². The van der Waals surface area contributed by atoms with Crippen LogP contribution in [0.1, 0.15) is 134 Å². The van der Waals surface area contributed by atoms with E-state index in [1.54, 1.807) is 12.1 Å². The van der Waals surface area contributed by atoms with Crippen molar-refractivity contribution in [2.75, 3.05) is 7.05 Å². The molecule has 2 aliphatic carbocycles. The van der Waals surface area contributed by atoms with Crippen LogP contribution in [0.2, 0.25) is 0 Å². The van der Waals surface area contributed by atoms with Crippen LogP contribution >= 0.6 is 0 Å². The third-order valence-corrected chi connectivity index (χ3v) is 8.93. The van der Waals surface area contributed by atoms with Gasteiger partial charge in [0.05, 0.1) is 17.6 Å². The number of amidine groups is 1. The highest BCUT2D eigenvalue weighted by molar-refractivity contribution is 6.37. The quantitative estimate of drug-likeness (QED) is 0.276. The molecule has 2 fully saturated rings. The van der Waals surface area contributed by atoms with Crippen LogP contribution < -0.4 is 5.32 Å². The lowest BCUT2D eigenvalue weighted by molar-refractivity contribution is -0.116. The second-order valence-electron chi connectivity index (χ2n) is 14.3. The Labute approximate surface area is 237 Å². The summed E-state index contributed by atoms with van der Waals surface area (Å²) in [4.78, 5) is 32.8. The third-order valence-electron chi connectivity index (χ3n) is 8.93. The first-order valence-corrected chi connectivity index (χ1v) is 15.2. The molecule has 0 aromatic heterocycles. The first kappa shape index (κ1) is 31.2. The summed E-state index contributed by atoms with van der Waals surface area (Å²) in [6, 6.07) is 7.26. The smallest absolute Gasteiger partial charge is 0.335 e. The molecule has 3 rings (SSSR count). The van der Waals surface area contributed by atoms with Crippen molar-refractivity contribution in [3.05, 3.63) is 35.4 Å². The van der Waals surface area contributed by atoms with Gasteiger partial charge in [-0.3, -0.25) is 9.79 Å². The van der Waals surface area contributed by atoms with Gasteiger partial charge in [0.15, 0.2) is 5.84 Å². The lowest BCUT2D eigenvalue weighted by Gasteiger charge is -2.37. The zero-order valence-corrected chi connectivity index (χ0v) is 25.6. The maximum atomic E-state index is 14.0. The van der Waals surface area contributed by atoms with Crippen LogP contribution in [0.25, 0.3) is 0 Å². The Kier molecular flexibility index (Phi) is 10.6. The number of nitrogens with one attached hydrogen (secondary N) is 1. The minimum absolute atomic E-state index is 0.109. The van der Waals surface area contributed by atoms with Gasteiger partial charge in [0.1, 0.15) is 0 Å². The number of benzene rings is 1. The van der Waals surface area contributed by atoms with Crippen LogP contribution in [0.4, 0.5) is 0 Å². The van der Waals surface area contributed by atoms with Crippen LogP contribution in [0.3, 0.4) is 0 Å². The largest absolute Gasteiger partial charge is 0.478 e. The third kappa shape index (κ3) is 9.36. The van der Waals surface area contributed by atoms with Gasteiger partial charge >= 0.3 is 5.97 Å². The Morgan fingerprint density at radius 3 is 2.05 bits per heavy atom. The van der Waals surface area contributed by atoms with E-state index in [1.807, 2.05) is 12.1 Å².